The van der Waals surface area contributed by atoms with Gasteiger partial charge in [-0.3, -0.25) is 14.9 Å². The standard InChI is InChI=1S/C15H19N5O3S/c1-4-19-14(10(2)3)17-18-15(19)24-9-13(21)16-11-7-5-6-8-12(11)20(22)23/h5-8,10H,4,9H2,1-3H3,(H,16,21). The molecule has 128 valence electrons. The second-order valence-corrected chi connectivity index (χ2v) is 6.29. The van der Waals surface area contributed by atoms with Crippen LogP contribution in [0.5, 0.6) is 0 Å². The summed E-state index contributed by atoms with van der Waals surface area (Å²) in [5.41, 5.74) is 0.0580. The molecule has 0 atom stereocenters. The van der Waals surface area contributed by atoms with Gasteiger partial charge in [0.15, 0.2) is 5.16 Å². The van der Waals surface area contributed by atoms with Crippen LogP contribution in [0, 0.1) is 10.1 Å². The number of carbonyl (C=O) groups is 1. The molecule has 0 aliphatic heterocycles. The Balaban J connectivity index is 2.03. The lowest BCUT2D eigenvalue weighted by molar-refractivity contribution is -0.383. The highest BCUT2D eigenvalue weighted by atomic mass is 32.2. The van der Waals surface area contributed by atoms with Gasteiger partial charge in [0.1, 0.15) is 11.5 Å². The van der Waals surface area contributed by atoms with Crippen LogP contribution in [0.1, 0.15) is 32.5 Å². The van der Waals surface area contributed by atoms with Crippen LogP contribution in [-0.2, 0) is 11.3 Å². The molecule has 1 aromatic carbocycles. The number of nitro groups is 1. The molecule has 0 unspecified atom stereocenters. The van der Waals surface area contributed by atoms with Gasteiger partial charge in [-0.05, 0) is 13.0 Å². The van der Waals surface area contributed by atoms with Crippen molar-refractivity contribution in [1.29, 1.82) is 0 Å². The molecule has 1 heterocycles. The molecule has 0 bridgehead atoms. The van der Waals surface area contributed by atoms with Gasteiger partial charge >= 0.3 is 0 Å². The van der Waals surface area contributed by atoms with Crippen molar-refractivity contribution in [3.05, 3.63) is 40.2 Å². The molecule has 2 aromatic rings. The number of amides is 1. The Bertz CT molecular complexity index is 744. The Morgan fingerprint density at radius 2 is 2.08 bits per heavy atom. The summed E-state index contributed by atoms with van der Waals surface area (Å²) >= 11 is 1.26. The Morgan fingerprint density at radius 3 is 2.71 bits per heavy atom. The molecule has 1 aromatic heterocycles. The van der Waals surface area contributed by atoms with Gasteiger partial charge in [0.05, 0.1) is 10.7 Å². The number of benzene rings is 1. The number of hydrogen-bond donors (Lipinski definition) is 1. The van der Waals surface area contributed by atoms with Gasteiger partial charge in [-0.1, -0.05) is 37.7 Å². The third kappa shape index (κ3) is 4.10. The van der Waals surface area contributed by atoms with E-state index in [2.05, 4.69) is 15.5 Å². The number of nitrogens with one attached hydrogen (secondary N) is 1. The maximum Gasteiger partial charge on any atom is 0.292 e. The van der Waals surface area contributed by atoms with E-state index in [4.69, 9.17) is 0 Å². The molecule has 0 radical (unpaired) electrons. The van der Waals surface area contributed by atoms with E-state index in [-0.39, 0.29) is 29.0 Å². The number of hydrogen-bond acceptors (Lipinski definition) is 6. The van der Waals surface area contributed by atoms with Crippen LogP contribution in [0.3, 0.4) is 0 Å². The number of nitrogens with zero attached hydrogens (tertiary/aromatic N) is 4. The van der Waals surface area contributed by atoms with Gasteiger partial charge in [-0.25, -0.2) is 0 Å². The quantitative estimate of drug-likeness (QED) is 0.468. The maximum atomic E-state index is 12.1. The first kappa shape index (κ1) is 17.9. The lowest BCUT2D eigenvalue weighted by atomic mass is 10.2. The lowest BCUT2D eigenvalue weighted by Gasteiger charge is -2.09. The number of para-hydroxylation sites is 2. The van der Waals surface area contributed by atoms with E-state index >= 15 is 0 Å². The fourth-order valence-electron chi connectivity index (χ4n) is 2.19. The van der Waals surface area contributed by atoms with Crippen molar-refractivity contribution in [2.45, 2.75) is 38.4 Å². The normalized spacial score (nSPS) is 10.8. The molecular weight excluding hydrogens is 330 g/mol. The van der Waals surface area contributed by atoms with Crippen LogP contribution in [0.2, 0.25) is 0 Å². The largest absolute Gasteiger partial charge is 0.320 e. The van der Waals surface area contributed by atoms with Crippen LogP contribution >= 0.6 is 11.8 Å². The minimum Gasteiger partial charge on any atom is -0.320 e. The first-order valence-corrected chi connectivity index (χ1v) is 8.51. The smallest absolute Gasteiger partial charge is 0.292 e. The first-order chi connectivity index (χ1) is 11.4. The highest BCUT2D eigenvalue weighted by molar-refractivity contribution is 7.99. The van der Waals surface area contributed by atoms with Gasteiger partial charge in [0.2, 0.25) is 5.91 Å². The van der Waals surface area contributed by atoms with Crippen LogP contribution in [-0.4, -0.2) is 31.3 Å². The molecule has 24 heavy (non-hydrogen) atoms. The van der Waals surface area contributed by atoms with Gasteiger partial charge < -0.3 is 9.88 Å². The fraction of sp³-hybridized carbons (Fsp3) is 0.400. The highest BCUT2D eigenvalue weighted by Crippen LogP contribution is 2.25. The average Bonchev–Trinajstić information content (AvgIpc) is 2.96. The molecule has 9 heteroatoms. The Kier molecular flexibility index (Phi) is 5.91. The minimum atomic E-state index is -0.522. The Hall–Kier alpha value is -2.42. The summed E-state index contributed by atoms with van der Waals surface area (Å²) in [6.45, 7) is 6.78. The van der Waals surface area contributed by atoms with E-state index in [9.17, 15) is 14.9 Å². The van der Waals surface area contributed by atoms with E-state index in [1.165, 1.54) is 23.9 Å². The number of carbonyl (C=O) groups excluding carboxylic acids is 1. The lowest BCUT2D eigenvalue weighted by Crippen LogP contribution is -2.15. The van der Waals surface area contributed by atoms with E-state index in [0.717, 1.165) is 5.82 Å². The molecule has 2 rings (SSSR count). The molecular formula is C15H19N5O3S. The first-order valence-electron chi connectivity index (χ1n) is 7.53. The van der Waals surface area contributed by atoms with Crippen LogP contribution < -0.4 is 5.32 Å². The molecule has 1 N–H and O–H groups in total. The minimum absolute atomic E-state index is 0.0995. The molecule has 0 saturated heterocycles. The topological polar surface area (TPSA) is 103 Å². The Labute approximate surface area is 143 Å². The van der Waals surface area contributed by atoms with Gasteiger partial charge in [0, 0.05) is 18.5 Å². The van der Waals surface area contributed by atoms with Crippen molar-refractivity contribution in [3.8, 4) is 0 Å². The van der Waals surface area contributed by atoms with E-state index in [0.29, 0.717) is 11.7 Å². The van der Waals surface area contributed by atoms with Crippen molar-refractivity contribution in [1.82, 2.24) is 14.8 Å². The molecule has 0 aliphatic carbocycles. The summed E-state index contributed by atoms with van der Waals surface area (Å²) in [7, 11) is 0. The predicted octanol–water partition coefficient (Wildman–Crippen LogP) is 3.06. The molecule has 0 saturated carbocycles. The van der Waals surface area contributed by atoms with Crippen molar-refractivity contribution in [2.75, 3.05) is 11.1 Å². The molecule has 0 spiro atoms. The van der Waals surface area contributed by atoms with Crippen LogP contribution in [0.4, 0.5) is 11.4 Å². The summed E-state index contributed by atoms with van der Waals surface area (Å²) in [6, 6.07) is 6.05. The third-order valence-electron chi connectivity index (χ3n) is 3.29. The summed E-state index contributed by atoms with van der Waals surface area (Å²) in [4.78, 5) is 22.5. The maximum absolute atomic E-state index is 12.1. The molecule has 1 amide bonds. The summed E-state index contributed by atoms with van der Waals surface area (Å²) in [5, 5.41) is 22.5. The SMILES string of the molecule is CCn1c(SCC(=O)Nc2ccccc2[N+](=O)[O-])nnc1C(C)C. The van der Waals surface area contributed by atoms with Gasteiger partial charge in [0.25, 0.3) is 5.69 Å². The zero-order valence-corrected chi connectivity index (χ0v) is 14.5. The van der Waals surface area contributed by atoms with Crippen LogP contribution in [0.25, 0.3) is 0 Å². The predicted molar refractivity (Wildman–Crippen MR) is 92.2 cm³/mol. The third-order valence-corrected chi connectivity index (χ3v) is 4.25. The number of nitro benzene ring substituents is 1. The van der Waals surface area contributed by atoms with Crippen molar-refractivity contribution < 1.29 is 9.72 Å². The van der Waals surface area contributed by atoms with Gasteiger partial charge in [-0.15, -0.1) is 10.2 Å². The van der Waals surface area contributed by atoms with Crippen molar-refractivity contribution in [3.63, 3.8) is 0 Å². The van der Waals surface area contributed by atoms with Gasteiger partial charge in [-0.2, -0.15) is 0 Å². The Morgan fingerprint density at radius 1 is 1.38 bits per heavy atom. The van der Waals surface area contributed by atoms with E-state index in [1.54, 1.807) is 12.1 Å². The summed E-state index contributed by atoms with van der Waals surface area (Å²) in [5.74, 6) is 0.889. The summed E-state index contributed by atoms with van der Waals surface area (Å²) < 4.78 is 1.97. The molecule has 0 fully saturated rings. The van der Waals surface area contributed by atoms with Crippen molar-refractivity contribution in [2.24, 2.45) is 0 Å². The number of rotatable bonds is 7. The fourth-order valence-corrected chi connectivity index (χ4v) is 3.00. The number of thioether (sulfide) groups is 1. The number of aromatic nitrogens is 3. The number of anilines is 1. The highest BCUT2D eigenvalue weighted by Gasteiger charge is 2.17. The zero-order valence-electron chi connectivity index (χ0n) is 13.7. The van der Waals surface area contributed by atoms with E-state index in [1.807, 2.05) is 25.3 Å². The summed E-state index contributed by atoms with van der Waals surface area (Å²) in [6.07, 6.45) is 0. The average molecular weight is 349 g/mol. The second-order valence-electron chi connectivity index (χ2n) is 5.35. The van der Waals surface area contributed by atoms with Crippen LogP contribution in [0.15, 0.2) is 29.4 Å². The second kappa shape index (κ2) is 7.91. The molecule has 0 aliphatic rings. The molecule has 8 nitrogen and oxygen atoms in total. The monoisotopic (exact) mass is 349 g/mol. The van der Waals surface area contributed by atoms with Crippen molar-refractivity contribution >= 4 is 29.0 Å². The van der Waals surface area contributed by atoms with E-state index < -0.39 is 4.92 Å². The zero-order chi connectivity index (χ0) is 17.7.